The highest BCUT2D eigenvalue weighted by Gasteiger charge is 2.60. The molecule has 1 saturated carbocycles. The second-order valence-corrected chi connectivity index (χ2v) is 13.0. The molecule has 0 N–H and O–H groups in total. The summed E-state index contributed by atoms with van der Waals surface area (Å²) in [4.78, 5) is 34.0. The lowest BCUT2D eigenvalue weighted by Crippen LogP contribution is -2.71. The summed E-state index contributed by atoms with van der Waals surface area (Å²) < 4.78 is 13.7. The van der Waals surface area contributed by atoms with Crippen LogP contribution in [0.25, 0.3) is 16.6 Å². The van der Waals surface area contributed by atoms with Gasteiger partial charge in [-0.3, -0.25) is 19.7 Å². The molecule has 0 radical (unpaired) electrons. The maximum atomic E-state index is 13.7. The van der Waals surface area contributed by atoms with Crippen LogP contribution in [-0.2, 0) is 14.9 Å². The van der Waals surface area contributed by atoms with Crippen molar-refractivity contribution in [3.63, 3.8) is 0 Å². The molecule has 1 aliphatic carbocycles. The van der Waals surface area contributed by atoms with E-state index < -0.39 is 5.41 Å². The third kappa shape index (κ3) is 4.44. The Balaban J connectivity index is 0.905. The van der Waals surface area contributed by atoms with Crippen molar-refractivity contribution in [3.05, 3.63) is 66.6 Å². The molecule has 7 aliphatic rings. The minimum absolute atomic E-state index is 0.175. The lowest BCUT2D eigenvalue weighted by Gasteiger charge is -2.57. The number of anilines is 1. The fourth-order valence-electron chi connectivity index (χ4n) is 7.75. The fraction of sp³-hybridized carbons (Fsp3) is 0.455. The molecular formula is C33H33N9O3. The third-order valence-corrected chi connectivity index (χ3v) is 10.2. The molecule has 10 heterocycles. The molecule has 45 heavy (non-hydrogen) atoms. The van der Waals surface area contributed by atoms with Gasteiger partial charge in [-0.2, -0.15) is 10.4 Å². The van der Waals surface area contributed by atoms with E-state index in [0.717, 1.165) is 80.1 Å². The SMILES string of the molecule is N#Cc1cnn2cc(OCCN3CC4CC(C3)O4)cc(-c3ccc(N4CC5CC(C4)N5C(=O)C4(c5cnccn5)CC4)nc3)c12. The summed E-state index contributed by atoms with van der Waals surface area (Å²) in [6, 6.07) is 8.69. The number of nitrogens with zero attached hydrogens (tertiary/aromatic N) is 9. The van der Waals surface area contributed by atoms with Crippen LogP contribution in [0.4, 0.5) is 5.82 Å². The molecule has 4 bridgehead atoms. The standard InChI is InChI=1S/C33H33N9O3/c34-12-22-14-38-41-20-25(44-8-7-39-18-26-10-27(19-39)45-26)11-28(31(22)41)21-1-2-30(37-13-21)40-16-23-9-24(17-40)42(23)32(43)33(3-4-33)29-15-35-5-6-36-29/h1-2,5-6,11,13-15,20,23-24,26-27H,3-4,7-10,16-19H2. The van der Waals surface area contributed by atoms with E-state index in [-0.39, 0.29) is 18.0 Å². The molecule has 6 saturated heterocycles. The van der Waals surface area contributed by atoms with Crippen LogP contribution < -0.4 is 9.64 Å². The first-order chi connectivity index (χ1) is 22.1. The van der Waals surface area contributed by atoms with Gasteiger partial charge in [0.25, 0.3) is 0 Å². The molecular weight excluding hydrogens is 570 g/mol. The van der Waals surface area contributed by atoms with E-state index in [9.17, 15) is 10.1 Å². The van der Waals surface area contributed by atoms with E-state index in [1.165, 1.54) is 6.42 Å². The Morgan fingerprint density at radius 2 is 1.87 bits per heavy atom. The summed E-state index contributed by atoms with van der Waals surface area (Å²) in [5, 5.41) is 14.2. The molecule has 0 aromatic carbocycles. The molecule has 4 aromatic rings. The minimum Gasteiger partial charge on any atom is -0.491 e. The maximum Gasteiger partial charge on any atom is 0.235 e. The second-order valence-electron chi connectivity index (χ2n) is 13.0. The highest BCUT2D eigenvalue weighted by molar-refractivity contribution is 5.92. The van der Waals surface area contributed by atoms with Gasteiger partial charge in [0, 0.05) is 75.1 Å². The van der Waals surface area contributed by atoms with Crippen molar-refractivity contribution < 1.29 is 14.3 Å². The Labute approximate surface area is 260 Å². The number of aromatic nitrogens is 5. The zero-order chi connectivity index (χ0) is 30.1. The van der Waals surface area contributed by atoms with Crippen molar-refractivity contribution in [2.24, 2.45) is 0 Å². The average molecular weight is 604 g/mol. The van der Waals surface area contributed by atoms with Gasteiger partial charge in [-0.15, -0.1) is 0 Å². The summed E-state index contributed by atoms with van der Waals surface area (Å²) in [5.41, 5.74) is 3.28. The first kappa shape index (κ1) is 26.8. The van der Waals surface area contributed by atoms with E-state index in [2.05, 4.69) is 35.8 Å². The van der Waals surface area contributed by atoms with E-state index >= 15 is 0 Å². The normalized spacial score (nSPS) is 26.1. The Hall–Kier alpha value is -4.60. The van der Waals surface area contributed by atoms with Gasteiger partial charge in [0.15, 0.2) is 0 Å². The molecule has 4 unspecified atom stereocenters. The van der Waals surface area contributed by atoms with E-state index in [1.54, 1.807) is 29.3 Å². The van der Waals surface area contributed by atoms with Crippen LogP contribution in [0.5, 0.6) is 5.75 Å². The van der Waals surface area contributed by atoms with Gasteiger partial charge in [-0.1, -0.05) is 0 Å². The Kier molecular flexibility index (Phi) is 6.08. The number of pyridine rings is 2. The number of carbonyl (C=O) groups is 1. The highest BCUT2D eigenvalue weighted by atomic mass is 16.5. The quantitative estimate of drug-likeness (QED) is 0.297. The van der Waals surface area contributed by atoms with Crippen LogP contribution >= 0.6 is 0 Å². The average Bonchev–Trinajstić information content (AvgIpc) is 3.78. The van der Waals surface area contributed by atoms with Crippen molar-refractivity contribution in [2.75, 3.05) is 44.2 Å². The van der Waals surface area contributed by atoms with Gasteiger partial charge in [0.2, 0.25) is 5.91 Å². The molecule has 0 spiro atoms. The van der Waals surface area contributed by atoms with Crippen LogP contribution in [-0.4, -0.2) is 104 Å². The van der Waals surface area contributed by atoms with Gasteiger partial charge < -0.3 is 19.3 Å². The molecule has 6 aliphatic heterocycles. The number of morpholine rings is 1. The number of piperidine rings is 2. The number of hydrogen-bond acceptors (Lipinski definition) is 10. The minimum atomic E-state index is -0.490. The van der Waals surface area contributed by atoms with Gasteiger partial charge in [0.1, 0.15) is 24.2 Å². The van der Waals surface area contributed by atoms with Crippen LogP contribution in [0.15, 0.2) is 55.4 Å². The lowest BCUT2D eigenvalue weighted by molar-refractivity contribution is -0.181. The van der Waals surface area contributed by atoms with Crippen LogP contribution in [0.3, 0.4) is 0 Å². The highest BCUT2D eigenvalue weighted by Crippen LogP contribution is 2.51. The fourth-order valence-corrected chi connectivity index (χ4v) is 7.75. The Morgan fingerprint density at radius 3 is 2.56 bits per heavy atom. The number of amides is 1. The van der Waals surface area contributed by atoms with Crippen LogP contribution in [0, 0.1) is 11.3 Å². The number of carbonyl (C=O) groups excluding carboxylic acids is 1. The first-order valence-electron chi connectivity index (χ1n) is 15.8. The van der Waals surface area contributed by atoms with Gasteiger partial charge in [-0.25, -0.2) is 9.50 Å². The van der Waals surface area contributed by atoms with E-state index in [0.29, 0.717) is 30.1 Å². The van der Waals surface area contributed by atoms with Crippen molar-refractivity contribution in [2.45, 2.75) is 55.4 Å². The van der Waals surface area contributed by atoms with Crippen molar-refractivity contribution in [1.82, 2.24) is 34.4 Å². The number of nitriles is 1. The number of hydrogen-bond donors (Lipinski definition) is 0. The molecule has 12 nitrogen and oxygen atoms in total. The predicted molar refractivity (Wildman–Crippen MR) is 163 cm³/mol. The van der Waals surface area contributed by atoms with Gasteiger partial charge in [-0.05, 0) is 37.5 Å². The van der Waals surface area contributed by atoms with Crippen molar-refractivity contribution >= 4 is 17.2 Å². The summed E-state index contributed by atoms with van der Waals surface area (Å²) >= 11 is 0. The van der Waals surface area contributed by atoms with Crippen LogP contribution in [0.1, 0.15) is 36.9 Å². The molecule has 11 rings (SSSR count). The second kappa shape index (κ2) is 10.2. The maximum absolute atomic E-state index is 13.7. The van der Waals surface area contributed by atoms with Crippen molar-refractivity contribution in [3.8, 4) is 22.9 Å². The monoisotopic (exact) mass is 603 g/mol. The summed E-state index contributed by atoms with van der Waals surface area (Å²) in [7, 11) is 0. The predicted octanol–water partition coefficient (Wildman–Crippen LogP) is 2.43. The zero-order valence-electron chi connectivity index (χ0n) is 24.8. The molecule has 228 valence electrons. The summed E-state index contributed by atoms with van der Waals surface area (Å²) in [6.45, 7) is 4.83. The largest absolute Gasteiger partial charge is 0.491 e. The van der Waals surface area contributed by atoms with Gasteiger partial charge in [0.05, 0.1) is 58.9 Å². The summed E-state index contributed by atoms with van der Waals surface area (Å²) in [5.74, 6) is 1.79. The Bertz CT molecular complexity index is 1790. The lowest BCUT2D eigenvalue weighted by atomic mass is 9.84. The zero-order valence-corrected chi connectivity index (χ0v) is 24.8. The molecule has 12 heteroatoms. The molecule has 4 aromatic heterocycles. The van der Waals surface area contributed by atoms with Crippen molar-refractivity contribution in [1.29, 1.82) is 5.26 Å². The van der Waals surface area contributed by atoms with Gasteiger partial charge >= 0.3 is 0 Å². The molecule has 7 fully saturated rings. The number of fused-ring (bicyclic) bond motifs is 5. The molecule has 1 amide bonds. The van der Waals surface area contributed by atoms with E-state index in [4.69, 9.17) is 14.5 Å². The van der Waals surface area contributed by atoms with E-state index in [1.807, 2.05) is 30.6 Å². The summed E-state index contributed by atoms with van der Waals surface area (Å²) in [6.07, 6.45) is 15.0. The number of piperazine rings is 1. The smallest absolute Gasteiger partial charge is 0.235 e. The Morgan fingerprint density at radius 1 is 1.04 bits per heavy atom. The first-order valence-corrected chi connectivity index (χ1v) is 15.8. The van der Waals surface area contributed by atoms with Crippen LogP contribution in [0.2, 0.25) is 0 Å². The number of rotatable bonds is 8. The third-order valence-electron chi connectivity index (χ3n) is 10.2. The number of ether oxygens (including phenoxy) is 2. The molecule has 4 atom stereocenters. The topological polar surface area (TPSA) is 125 Å².